The maximum atomic E-state index is 13.5. The van der Waals surface area contributed by atoms with Crippen LogP contribution in [-0.2, 0) is 11.8 Å². The van der Waals surface area contributed by atoms with E-state index in [2.05, 4.69) is 0 Å². The fourth-order valence-corrected chi connectivity index (χ4v) is 2.60. The van der Waals surface area contributed by atoms with Gasteiger partial charge in [-0.2, -0.15) is 4.39 Å². The Kier molecular flexibility index (Phi) is 3.85. The number of hydroxylamine groups is 2. The average Bonchev–Trinajstić information content (AvgIpc) is 2.94. The highest BCUT2D eigenvalue weighted by Gasteiger charge is 2.29. The molecule has 1 aliphatic heterocycles. The Hall–Kier alpha value is -3.46. The summed E-state index contributed by atoms with van der Waals surface area (Å²) in [5, 5.41) is 31.2. The first kappa shape index (κ1) is 16.4. The van der Waals surface area contributed by atoms with Crippen molar-refractivity contribution in [2.75, 3.05) is 0 Å². The van der Waals surface area contributed by atoms with Gasteiger partial charge in [0.1, 0.15) is 0 Å². The van der Waals surface area contributed by atoms with E-state index in [0.29, 0.717) is 21.3 Å². The Labute approximate surface area is 139 Å². The van der Waals surface area contributed by atoms with Gasteiger partial charge in [0, 0.05) is 47.2 Å². The fraction of sp³-hybridized carbons (Fsp3) is 0.0625. The standard InChI is InChI=1S/C16H12FN3O5/c1-18-11(9-4-5-19(23)15(17)8-9)2-3-12(18)10-6-13(20(24)25)16(22)14(21)7-10/h2-8,21,23H,1H3. The number of hydrogen-bond donors (Lipinski definition) is 2. The minimum atomic E-state index is -1.05. The third kappa shape index (κ3) is 2.76. The smallest absolute Gasteiger partial charge is 0.320 e. The quantitative estimate of drug-likeness (QED) is 0.437. The normalized spacial score (nSPS) is 21.8. The molecule has 25 heavy (non-hydrogen) atoms. The van der Waals surface area contributed by atoms with Crippen LogP contribution < -0.4 is 10.7 Å². The number of aliphatic hydroxyl groups excluding tert-OH is 1. The molecule has 0 atom stereocenters. The van der Waals surface area contributed by atoms with Crippen LogP contribution in [0.5, 0.6) is 0 Å². The number of Topliss-reactive ketones (excluding diaryl/α,β-unsaturated/α-hetero) is 1. The summed E-state index contributed by atoms with van der Waals surface area (Å²) in [5.41, 5.74) is 0.00622. The van der Waals surface area contributed by atoms with E-state index >= 15 is 0 Å². The summed E-state index contributed by atoms with van der Waals surface area (Å²) in [5.74, 6) is -2.64. The van der Waals surface area contributed by atoms with Crippen LogP contribution in [0.25, 0.3) is 11.1 Å². The Morgan fingerprint density at radius 3 is 2.40 bits per heavy atom. The number of halogens is 1. The monoisotopic (exact) mass is 345 g/mol. The molecular formula is C16H12FN3O5. The molecule has 1 aliphatic carbocycles. The molecule has 1 aromatic heterocycles. The Bertz CT molecular complexity index is 1040. The van der Waals surface area contributed by atoms with E-state index in [1.165, 1.54) is 6.08 Å². The molecule has 0 saturated carbocycles. The van der Waals surface area contributed by atoms with Gasteiger partial charge in [-0.3, -0.25) is 20.1 Å². The zero-order valence-electron chi connectivity index (χ0n) is 12.9. The van der Waals surface area contributed by atoms with Crippen LogP contribution in [0.3, 0.4) is 0 Å². The van der Waals surface area contributed by atoms with E-state index in [0.717, 1.165) is 24.4 Å². The van der Waals surface area contributed by atoms with E-state index in [9.17, 15) is 29.6 Å². The molecule has 2 N–H and O–H groups in total. The molecule has 0 amide bonds. The van der Waals surface area contributed by atoms with Gasteiger partial charge < -0.3 is 9.67 Å². The zero-order chi connectivity index (χ0) is 18.3. The zero-order valence-corrected chi connectivity index (χ0v) is 12.9. The number of ketones is 1. The summed E-state index contributed by atoms with van der Waals surface area (Å²) < 4.78 is 15.2. The second-order valence-electron chi connectivity index (χ2n) is 5.35. The molecule has 9 heteroatoms. The van der Waals surface area contributed by atoms with Crippen LogP contribution in [0, 0.1) is 10.1 Å². The van der Waals surface area contributed by atoms with Crippen LogP contribution in [0.4, 0.5) is 4.39 Å². The molecule has 128 valence electrons. The fourth-order valence-electron chi connectivity index (χ4n) is 2.60. The van der Waals surface area contributed by atoms with Gasteiger partial charge in [0.2, 0.25) is 5.95 Å². The maximum absolute atomic E-state index is 13.5. The van der Waals surface area contributed by atoms with Crippen molar-refractivity contribution in [1.29, 1.82) is 0 Å². The van der Waals surface area contributed by atoms with E-state index in [-0.39, 0.29) is 5.57 Å². The number of carbonyl (C=O) groups is 1. The van der Waals surface area contributed by atoms with Crippen molar-refractivity contribution in [3.63, 3.8) is 0 Å². The Balaban J connectivity index is 2.26. The number of nitro groups is 1. The lowest BCUT2D eigenvalue weighted by Crippen LogP contribution is -2.28. The lowest BCUT2D eigenvalue weighted by atomic mass is 10.0. The van der Waals surface area contributed by atoms with E-state index < -0.39 is 28.1 Å². The molecule has 0 unspecified atom stereocenters. The summed E-state index contributed by atoms with van der Waals surface area (Å²) in [6, 6.07) is 3.27. The average molecular weight is 345 g/mol. The molecule has 3 rings (SSSR count). The molecule has 0 radical (unpaired) electrons. The number of hydrogen-bond acceptors (Lipinski definition) is 6. The Morgan fingerprint density at radius 2 is 1.80 bits per heavy atom. The molecule has 8 nitrogen and oxygen atoms in total. The summed E-state index contributed by atoms with van der Waals surface area (Å²) in [4.78, 5) is 21.7. The van der Waals surface area contributed by atoms with Gasteiger partial charge in [0.25, 0.3) is 5.78 Å². The van der Waals surface area contributed by atoms with Gasteiger partial charge >= 0.3 is 5.70 Å². The second kappa shape index (κ2) is 5.87. The third-order valence-corrected chi connectivity index (χ3v) is 3.85. The minimum Gasteiger partial charge on any atom is -0.504 e. The van der Waals surface area contributed by atoms with Gasteiger partial charge in [-0.1, -0.05) is 0 Å². The van der Waals surface area contributed by atoms with Crippen molar-refractivity contribution >= 4 is 16.9 Å². The van der Waals surface area contributed by atoms with E-state index in [1.807, 2.05) is 0 Å². The van der Waals surface area contributed by atoms with Gasteiger partial charge in [-0.15, -0.1) is 0 Å². The SMILES string of the molecule is Cn1c(=C2C=CN(O)C(F)=C2)ccc1=C1C=C(O)C(=O)C([N+](=O)[O-])=C1. The molecule has 0 spiro atoms. The van der Waals surface area contributed by atoms with E-state index in [4.69, 9.17) is 0 Å². The number of allylic oxidation sites excluding steroid dienone is 4. The van der Waals surface area contributed by atoms with Gasteiger partial charge in [0.05, 0.1) is 4.92 Å². The topological polar surface area (TPSA) is 109 Å². The first-order valence-corrected chi connectivity index (χ1v) is 7.05. The highest BCUT2D eigenvalue weighted by Crippen LogP contribution is 2.18. The molecule has 0 fully saturated rings. The van der Waals surface area contributed by atoms with Crippen molar-refractivity contribution in [2.45, 2.75) is 0 Å². The van der Waals surface area contributed by atoms with Crippen LogP contribution >= 0.6 is 0 Å². The second-order valence-corrected chi connectivity index (χ2v) is 5.35. The lowest BCUT2D eigenvalue weighted by Gasteiger charge is -2.13. The van der Waals surface area contributed by atoms with Crippen molar-refractivity contribution in [1.82, 2.24) is 9.63 Å². The Morgan fingerprint density at radius 1 is 1.16 bits per heavy atom. The predicted octanol–water partition coefficient (Wildman–Crippen LogP) is 0.541. The lowest BCUT2D eigenvalue weighted by molar-refractivity contribution is -0.418. The number of aromatic nitrogens is 1. The first-order valence-electron chi connectivity index (χ1n) is 7.05. The number of aliphatic hydroxyl groups is 1. The molecule has 0 aromatic carbocycles. The molecule has 2 aliphatic rings. The maximum Gasteiger partial charge on any atom is 0.320 e. The van der Waals surface area contributed by atoms with Crippen LogP contribution in [0.15, 0.2) is 60.0 Å². The van der Waals surface area contributed by atoms with Crippen LogP contribution in [-0.4, -0.2) is 30.7 Å². The van der Waals surface area contributed by atoms with Gasteiger partial charge in [-0.25, -0.2) is 5.06 Å². The molecule has 2 heterocycles. The van der Waals surface area contributed by atoms with Gasteiger partial charge in [-0.05, 0) is 24.3 Å². The number of carbonyl (C=O) groups excluding carboxylic acids is 1. The summed E-state index contributed by atoms with van der Waals surface area (Å²) in [6.45, 7) is 0. The van der Waals surface area contributed by atoms with Crippen LogP contribution in [0.1, 0.15) is 0 Å². The van der Waals surface area contributed by atoms with Gasteiger partial charge in [0.15, 0.2) is 5.76 Å². The number of rotatable bonds is 1. The highest BCUT2D eigenvalue weighted by molar-refractivity contribution is 6.09. The van der Waals surface area contributed by atoms with Crippen LogP contribution in [0.2, 0.25) is 0 Å². The van der Waals surface area contributed by atoms with Crippen molar-refractivity contribution in [3.8, 4) is 0 Å². The summed E-state index contributed by atoms with van der Waals surface area (Å²) >= 11 is 0. The summed E-state index contributed by atoms with van der Waals surface area (Å²) in [7, 11) is 1.65. The predicted molar refractivity (Wildman–Crippen MR) is 84.2 cm³/mol. The molecule has 1 aromatic rings. The number of nitrogens with zero attached hydrogens (tertiary/aromatic N) is 3. The largest absolute Gasteiger partial charge is 0.504 e. The van der Waals surface area contributed by atoms with E-state index in [1.54, 1.807) is 23.7 Å². The van der Waals surface area contributed by atoms with Crippen molar-refractivity contribution < 1.29 is 24.4 Å². The molecule has 0 saturated heterocycles. The van der Waals surface area contributed by atoms with Crippen molar-refractivity contribution in [3.05, 3.63) is 80.9 Å². The molecule has 0 bridgehead atoms. The highest BCUT2D eigenvalue weighted by atomic mass is 19.1. The minimum absolute atomic E-state index is 0.270. The third-order valence-electron chi connectivity index (χ3n) is 3.85. The van der Waals surface area contributed by atoms with Crippen molar-refractivity contribution in [2.24, 2.45) is 7.05 Å². The molecular weight excluding hydrogens is 333 g/mol. The first-order chi connectivity index (χ1) is 11.8. The summed E-state index contributed by atoms with van der Waals surface area (Å²) in [6.07, 6.45) is 5.97.